The van der Waals surface area contributed by atoms with Gasteiger partial charge in [-0.3, -0.25) is 0 Å². The fourth-order valence-electron chi connectivity index (χ4n) is 3.45. The van der Waals surface area contributed by atoms with Crippen molar-refractivity contribution in [2.24, 2.45) is 0 Å². The van der Waals surface area contributed by atoms with Crippen molar-refractivity contribution in [3.05, 3.63) is 35.9 Å². The van der Waals surface area contributed by atoms with E-state index in [-0.39, 0.29) is 13.2 Å². The first kappa shape index (κ1) is 18.7. The maximum Gasteiger partial charge on any atom is 0.408 e. The van der Waals surface area contributed by atoms with Crippen molar-refractivity contribution >= 4 is 12.1 Å². The molecule has 1 spiro atoms. The zero-order valence-corrected chi connectivity index (χ0v) is 15.0. The second-order valence-electron chi connectivity index (χ2n) is 6.60. The van der Waals surface area contributed by atoms with Gasteiger partial charge >= 0.3 is 12.1 Å². The van der Waals surface area contributed by atoms with Gasteiger partial charge in [-0.15, -0.1) is 0 Å². The molecule has 1 aromatic rings. The van der Waals surface area contributed by atoms with Gasteiger partial charge in [-0.25, -0.2) is 9.59 Å². The van der Waals surface area contributed by atoms with Gasteiger partial charge < -0.3 is 24.3 Å². The lowest BCUT2D eigenvalue weighted by atomic mass is 9.78. The van der Waals surface area contributed by atoms with E-state index >= 15 is 0 Å². The van der Waals surface area contributed by atoms with Crippen LogP contribution < -0.4 is 5.32 Å². The predicted octanol–water partition coefficient (Wildman–Crippen LogP) is 2.53. The van der Waals surface area contributed by atoms with E-state index < -0.39 is 23.4 Å². The Morgan fingerprint density at radius 1 is 1.04 bits per heavy atom. The summed E-state index contributed by atoms with van der Waals surface area (Å²) in [5, 5.41) is 2.75. The highest BCUT2D eigenvalue weighted by Gasteiger charge is 2.51. The van der Waals surface area contributed by atoms with Crippen LogP contribution in [0.25, 0.3) is 0 Å². The van der Waals surface area contributed by atoms with Crippen LogP contribution in [0.3, 0.4) is 0 Å². The highest BCUT2D eigenvalue weighted by molar-refractivity contribution is 5.86. The van der Waals surface area contributed by atoms with Crippen molar-refractivity contribution in [2.45, 2.75) is 50.5 Å². The zero-order chi connectivity index (χ0) is 18.5. The largest absolute Gasteiger partial charge is 0.464 e. The lowest BCUT2D eigenvalue weighted by Crippen LogP contribution is -2.59. The molecule has 0 bridgehead atoms. The van der Waals surface area contributed by atoms with Gasteiger partial charge in [-0.05, 0) is 25.3 Å². The number of esters is 1. The minimum atomic E-state index is -1.11. The number of alkyl carbamates (subject to hydrolysis) is 1. The smallest absolute Gasteiger partial charge is 0.408 e. The van der Waals surface area contributed by atoms with Crippen molar-refractivity contribution in [1.82, 2.24) is 5.32 Å². The van der Waals surface area contributed by atoms with Gasteiger partial charge in [0, 0.05) is 12.8 Å². The number of rotatable bonds is 5. The van der Waals surface area contributed by atoms with Crippen molar-refractivity contribution < 1.29 is 28.5 Å². The maximum atomic E-state index is 12.6. The fourth-order valence-corrected chi connectivity index (χ4v) is 3.45. The number of ether oxygens (including phenoxy) is 4. The van der Waals surface area contributed by atoms with Crippen LogP contribution in [0.2, 0.25) is 0 Å². The van der Waals surface area contributed by atoms with Crippen LogP contribution in [0.5, 0.6) is 0 Å². The highest BCUT2D eigenvalue weighted by Crippen LogP contribution is 2.40. The molecule has 26 heavy (non-hydrogen) atoms. The number of hydrogen-bond donors (Lipinski definition) is 1. The summed E-state index contributed by atoms with van der Waals surface area (Å²) in [6.45, 7) is 3.24. The van der Waals surface area contributed by atoms with Crippen LogP contribution in [-0.2, 0) is 30.3 Å². The van der Waals surface area contributed by atoms with Crippen molar-refractivity contribution in [3.63, 3.8) is 0 Å². The number of carbonyl (C=O) groups is 2. The Balaban J connectivity index is 1.62. The molecule has 2 fully saturated rings. The summed E-state index contributed by atoms with van der Waals surface area (Å²) in [6.07, 6.45) is 1.17. The van der Waals surface area contributed by atoms with E-state index in [1.54, 1.807) is 6.92 Å². The highest BCUT2D eigenvalue weighted by atomic mass is 16.7. The Kier molecular flexibility index (Phi) is 5.78. The predicted molar refractivity (Wildman–Crippen MR) is 92.2 cm³/mol. The first-order valence-electron chi connectivity index (χ1n) is 9.02. The van der Waals surface area contributed by atoms with E-state index in [1.165, 1.54) is 0 Å². The minimum absolute atomic E-state index is 0.141. The van der Waals surface area contributed by atoms with Gasteiger partial charge in [0.15, 0.2) is 5.79 Å². The maximum absolute atomic E-state index is 12.6. The summed E-state index contributed by atoms with van der Waals surface area (Å²) < 4.78 is 21.9. The summed E-state index contributed by atoms with van der Waals surface area (Å²) in [7, 11) is 0. The average molecular weight is 363 g/mol. The Morgan fingerprint density at radius 2 is 1.69 bits per heavy atom. The summed E-state index contributed by atoms with van der Waals surface area (Å²) in [4.78, 5) is 24.9. The molecule has 1 saturated heterocycles. The quantitative estimate of drug-likeness (QED) is 0.810. The monoisotopic (exact) mass is 363 g/mol. The van der Waals surface area contributed by atoms with Gasteiger partial charge in [0.05, 0.1) is 19.8 Å². The van der Waals surface area contributed by atoms with Crippen molar-refractivity contribution in [3.8, 4) is 0 Å². The topological polar surface area (TPSA) is 83.1 Å². The molecule has 2 aliphatic rings. The third kappa shape index (κ3) is 4.16. The molecule has 1 heterocycles. The van der Waals surface area contributed by atoms with E-state index in [1.807, 2.05) is 30.3 Å². The molecule has 0 atom stereocenters. The molecule has 1 saturated carbocycles. The van der Waals surface area contributed by atoms with Gasteiger partial charge in [-0.2, -0.15) is 0 Å². The van der Waals surface area contributed by atoms with Crippen molar-refractivity contribution in [2.75, 3.05) is 19.8 Å². The SMILES string of the molecule is CCOC(=O)C1(NC(=O)OCc2ccccc2)CCC2(CC1)OCCO2. The molecule has 0 unspecified atom stereocenters. The first-order valence-corrected chi connectivity index (χ1v) is 9.02. The van der Waals surface area contributed by atoms with Crippen LogP contribution in [0.1, 0.15) is 38.2 Å². The standard InChI is InChI=1S/C19H25NO6/c1-2-23-16(21)18(8-10-19(11-9-18)25-12-13-26-19)20-17(22)24-14-15-6-4-3-5-7-15/h3-7H,2,8-14H2,1H3,(H,20,22). The molecule has 7 nitrogen and oxygen atoms in total. The minimum Gasteiger partial charge on any atom is -0.464 e. The Labute approximate surface area is 152 Å². The molecule has 3 rings (SSSR count). The number of nitrogens with one attached hydrogen (secondary N) is 1. The zero-order valence-electron chi connectivity index (χ0n) is 15.0. The van der Waals surface area contributed by atoms with E-state index in [0.29, 0.717) is 38.9 Å². The first-order chi connectivity index (χ1) is 12.6. The molecule has 1 aromatic carbocycles. The van der Waals surface area contributed by atoms with Crippen LogP contribution in [0, 0.1) is 0 Å². The van der Waals surface area contributed by atoms with Gasteiger partial charge in [-0.1, -0.05) is 30.3 Å². The summed E-state index contributed by atoms with van der Waals surface area (Å²) in [5.74, 6) is -1.07. The number of carbonyl (C=O) groups excluding carboxylic acids is 2. The van der Waals surface area contributed by atoms with E-state index in [0.717, 1.165) is 5.56 Å². The summed E-state index contributed by atoms with van der Waals surface area (Å²) >= 11 is 0. The van der Waals surface area contributed by atoms with E-state index in [2.05, 4.69) is 5.32 Å². The second kappa shape index (κ2) is 8.05. The summed E-state index contributed by atoms with van der Waals surface area (Å²) in [6, 6.07) is 9.38. The van der Waals surface area contributed by atoms with Gasteiger partial charge in [0.25, 0.3) is 0 Å². The Bertz CT molecular complexity index is 616. The van der Waals surface area contributed by atoms with Gasteiger partial charge in [0.1, 0.15) is 12.1 Å². The molecule has 7 heteroatoms. The van der Waals surface area contributed by atoms with Crippen LogP contribution in [0.15, 0.2) is 30.3 Å². The molecule has 0 radical (unpaired) electrons. The molecule has 142 valence electrons. The van der Waals surface area contributed by atoms with Crippen LogP contribution in [0.4, 0.5) is 4.79 Å². The van der Waals surface area contributed by atoms with Crippen LogP contribution >= 0.6 is 0 Å². The molecular weight excluding hydrogens is 338 g/mol. The molecular formula is C19H25NO6. The molecule has 1 aliphatic carbocycles. The number of amides is 1. The molecule has 1 amide bonds. The third-order valence-electron chi connectivity index (χ3n) is 4.90. The average Bonchev–Trinajstić information content (AvgIpc) is 3.12. The van der Waals surface area contributed by atoms with E-state index in [9.17, 15) is 9.59 Å². The molecule has 1 aliphatic heterocycles. The van der Waals surface area contributed by atoms with Crippen LogP contribution in [-0.4, -0.2) is 43.2 Å². The Morgan fingerprint density at radius 3 is 2.31 bits per heavy atom. The Hall–Kier alpha value is -2.12. The molecule has 0 aromatic heterocycles. The van der Waals surface area contributed by atoms with Crippen molar-refractivity contribution in [1.29, 1.82) is 0 Å². The van der Waals surface area contributed by atoms with Gasteiger partial charge in [0.2, 0.25) is 0 Å². The second-order valence-corrected chi connectivity index (χ2v) is 6.60. The lowest BCUT2D eigenvalue weighted by molar-refractivity contribution is -0.192. The third-order valence-corrected chi connectivity index (χ3v) is 4.90. The summed E-state index contributed by atoms with van der Waals surface area (Å²) in [5.41, 5.74) is -0.229. The normalized spacial score (nSPS) is 20.5. The lowest BCUT2D eigenvalue weighted by Gasteiger charge is -2.41. The van der Waals surface area contributed by atoms with E-state index in [4.69, 9.17) is 18.9 Å². The fraction of sp³-hybridized carbons (Fsp3) is 0.579. The number of benzene rings is 1. The molecule has 1 N–H and O–H groups in total. The number of hydrogen-bond acceptors (Lipinski definition) is 6.